The van der Waals surface area contributed by atoms with Gasteiger partial charge in [-0.25, -0.2) is 0 Å². The SMILES string of the molecule is NC(NC(NCc1cccc2sc3c(-c4cccc5c4sc4c(-c6ccc7sc8ccccc8c7c6)cccc45)cccc3c12)c1ccccc1)c1ccccc1. The second kappa shape index (κ2) is 14.4. The zero-order valence-electron chi connectivity index (χ0n) is 30.9. The highest BCUT2D eigenvalue weighted by molar-refractivity contribution is 7.28. The molecule has 6 heteroatoms. The predicted octanol–water partition coefficient (Wildman–Crippen LogP) is 14.2. The van der Waals surface area contributed by atoms with Crippen LogP contribution in [-0.2, 0) is 6.54 Å². The number of nitrogens with two attached hydrogens (primary N) is 1. The van der Waals surface area contributed by atoms with Crippen molar-refractivity contribution in [2.24, 2.45) is 5.73 Å². The molecule has 0 aliphatic heterocycles. The standard InChI is InChI=1S/C51H37N3S3/c52-50(31-13-3-1-4-14-31)54-51(32-15-5-2-6-16-32)53-30-34-17-9-26-45-46(34)41-24-12-23-40(49(41)56-45)39-22-11-21-38-37-20-10-19-35(47(37)57-48(38)39)33-27-28-44-42(29-33)36-18-7-8-25-43(36)55-44/h1-29,50-51,53-54H,30,52H2. The second-order valence-electron chi connectivity index (χ2n) is 14.6. The Morgan fingerprint density at radius 1 is 0.439 bits per heavy atom. The number of benzene rings is 8. The number of hydrogen-bond donors (Lipinski definition) is 3. The van der Waals surface area contributed by atoms with E-state index in [2.05, 4.69) is 168 Å². The van der Waals surface area contributed by atoms with Crippen LogP contribution in [0.25, 0.3) is 82.8 Å². The Bertz CT molecular complexity index is 3250. The maximum atomic E-state index is 6.71. The number of nitrogens with one attached hydrogen (secondary N) is 2. The number of fused-ring (bicyclic) bond motifs is 9. The van der Waals surface area contributed by atoms with Gasteiger partial charge in [-0.3, -0.25) is 10.6 Å². The Kier molecular flexibility index (Phi) is 8.70. The van der Waals surface area contributed by atoms with Crippen LogP contribution in [0, 0.1) is 0 Å². The fraction of sp³-hybridized carbons (Fsp3) is 0.0588. The third-order valence-corrected chi connectivity index (χ3v) is 14.9. The Hall–Kier alpha value is -5.70. The van der Waals surface area contributed by atoms with E-state index in [1.54, 1.807) is 0 Å². The van der Waals surface area contributed by atoms with Gasteiger partial charge in [0.25, 0.3) is 0 Å². The maximum Gasteiger partial charge on any atom is 0.0852 e. The first-order valence-electron chi connectivity index (χ1n) is 19.3. The van der Waals surface area contributed by atoms with Gasteiger partial charge >= 0.3 is 0 Å². The van der Waals surface area contributed by atoms with Gasteiger partial charge in [-0.05, 0) is 52.1 Å². The lowest BCUT2D eigenvalue weighted by atomic mass is 9.98. The average Bonchev–Trinajstić information content (AvgIpc) is 3.97. The van der Waals surface area contributed by atoms with Crippen molar-refractivity contribution >= 4 is 94.5 Å². The highest BCUT2D eigenvalue weighted by Gasteiger charge is 2.20. The van der Waals surface area contributed by atoms with Crippen molar-refractivity contribution < 1.29 is 0 Å². The minimum atomic E-state index is -0.318. The van der Waals surface area contributed by atoms with E-state index >= 15 is 0 Å². The summed E-state index contributed by atoms with van der Waals surface area (Å²) in [7, 11) is 0. The molecule has 0 saturated heterocycles. The van der Waals surface area contributed by atoms with E-state index < -0.39 is 0 Å². The number of thiophene rings is 3. The van der Waals surface area contributed by atoms with E-state index in [9.17, 15) is 0 Å². The van der Waals surface area contributed by atoms with Gasteiger partial charge in [-0.2, -0.15) is 0 Å². The van der Waals surface area contributed by atoms with Crippen LogP contribution in [0.3, 0.4) is 0 Å². The van der Waals surface area contributed by atoms with Crippen LogP contribution in [0.5, 0.6) is 0 Å². The molecule has 11 aromatic rings. The summed E-state index contributed by atoms with van der Waals surface area (Å²) in [5.74, 6) is 0. The van der Waals surface area contributed by atoms with Gasteiger partial charge in [-0.15, -0.1) is 34.0 Å². The van der Waals surface area contributed by atoms with Crippen molar-refractivity contribution in [1.82, 2.24) is 10.6 Å². The van der Waals surface area contributed by atoms with Crippen LogP contribution in [-0.4, -0.2) is 0 Å². The minimum absolute atomic E-state index is 0.140. The van der Waals surface area contributed by atoms with Crippen molar-refractivity contribution in [3.8, 4) is 22.3 Å². The largest absolute Gasteiger partial charge is 0.312 e. The second-order valence-corrected chi connectivity index (χ2v) is 17.8. The molecule has 0 aliphatic rings. The summed E-state index contributed by atoms with van der Waals surface area (Å²) in [6.45, 7) is 0.684. The molecule has 4 N–H and O–H groups in total. The van der Waals surface area contributed by atoms with E-state index in [1.807, 2.05) is 52.2 Å². The zero-order valence-corrected chi connectivity index (χ0v) is 33.4. The summed E-state index contributed by atoms with van der Waals surface area (Å²) in [6, 6.07) is 63.7. The van der Waals surface area contributed by atoms with E-state index in [0.717, 1.165) is 11.1 Å². The predicted molar refractivity (Wildman–Crippen MR) is 249 cm³/mol. The van der Waals surface area contributed by atoms with Gasteiger partial charge in [-0.1, -0.05) is 152 Å². The molecule has 0 amide bonds. The van der Waals surface area contributed by atoms with Crippen LogP contribution in [0.1, 0.15) is 29.0 Å². The van der Waals surface area contributed by atoms with Crippen molar-refractivity contribution in [2.75, 3.05) is 0 Å². The first kappa shape index (κ1) is 34.5. The Morgan fingerprint density at radius 3 is 1.79 bits per heavy atom. The molecule has 274 valence electrons. The van der Waals surface area contributed by atoms with Crippen LogP contribution in [0.2, 0.25) is 0 Å². The topological polar surface area (TPSA) is 50.1 Å². The Labute approximate surface area is 342 Å². The summed E-state index contributed by atoms with van der Waals surface area (Å²) in [6.07, 6.45) is -0.457. The maximum absolute atomic E-state index is 6.71. The summed E-state index contributed by atoms with van der Waals surface area (Å²) in [4.78, 5) is 0. The van der Waals surface area contributed by atoms with E-state index in [0.29, 0.717) is 6.54 Å². The molecule has 0 aliphatic carbocycles. The molecular weight excluding hydrogens is 751 g/mol. The molecule has 3 heterocycles. The van der Waals surface area contributed by atoms with Gasteiger partial charge < -0.3 is 5.73 Å². The molecule has 3 nitrogen and oxygen atoms in total. The molecule has 0 saturated carbocycles. The molecule has 0 fully saturated rings. The van der Waals surface area contributed by atoms with E-state index in [-0.39, 0.29) is 12.3 Å². The molecule has 0 spiro atoms. The molecule has 2 unspecified atom stereocenters. The molecule has 2 atom stereocenters. The summed E-state index contributed by atoms with van der Waals surface area (Å²) < 4.78 is 7.96. The fourth-order valence-electron chi connectivity index (χ4n) is 8.50. The molecule has 57 heavy (non-hydrogen) atoms. The van der Waals surface area contributed by atoms with Crippen LogP contribution < -0.4 is 16.4 Å². The smallest absolute Gasteiger partial charge is 0.0852 e. The van der Waals surface area contributed by atoms with Gasteiger partial charge in [0.2, 0.25) is 0 Å². The lowest BCUT2D eigenvalue weighted by molar-refractivity contribution is 0.386. The van der Waals surface area contributed by atoms with Crippen molar-refractivity contribution in [2.45, 2.75) is 18.9 Å². The van der Waals surface area contributed by atoms with Gasteiger partial charge in [0.05, 0.1) is 12.3 Å². The average molecular weight is 788 g/mol. The first-order chi connectivity index (χ1) is 28.2. The van der Waals surface area contributed by atoms with Gasteiger partial charge in [0.15, 0.2) is 0 Å². The molecule has 0 bridgehead atoms. The molecule has 8 aromatic carbocycles. The lowest BCUT2D eigenvalue weighted by Gasteiger charge is -2.25. The van der Waals surface area contributed by atoms with Crippen molar-refractivity contribution in [3.63, 3.8) is 0 Å². The highest BCUT2D eigenvalue weighted by atomic mass is 32.1. The van der Waals surface area contributed by atoms with Crippen molar-refractivity contribution in [3.05, 3.63) is 193 Å². The molecule has 11 rings (SSSR count). The Morgan fingerprint density at radius 2 is 1.02 bits per heavy atom. The number of hydrogen-bond acceptors (Lipinski definition) is 6. The monoisotopic (exact) mass is 787 g/mol. The Balaban J connectivity index is 0.985. The highest BCUT2D eigenvalue weighted by Crippen LogP contribution is 2.48. The van der Waals surface area contributed by atoms with Crippen LogP contribution in [0.4, 0.5) is 0 Å². The van der Waals surface area contributed by atoms with E-state index in [4.69, 9.17) is 5.73 Å². The van der Waals surface area contributed by atoms with Gasteiger partial charge in [0, 0.05) is 78.2 Å². The van der Waals surface area contributed by atoms with Crippen molar-refractivity contribution in [1.29, 1.82) is 0 Å². The normalized spacial score (nSPS) is 13.1. The number of rotatable bonds is 9. The molecule has 3 aromatic heterocycles. The summed E-state index contributed by atoms with van der Waals surface area (Å²) >= 11 is 5.70. The van der Waals surface area contributed by atoms with Crippen LogP contribution in [0.15, 0.2) is 176 Å². The van der Waals surface area contributed by atoms with Crippen LogP contribution >= 0.6 is 34.0 Å². The zero-order chi connectivity index (χ0) is 37.9. The minimum Gasteiger partial charge on any atom is -0.312 e. The molecule has 0 radical (unpaired) electrons. The lowest BCUT2D eigenvalue weighted by Crippen LogP contribution is -2.39. The third-order valence-electron chi connectivity index (χ3n) is 11.2. The summed E-state index contributed by atoms with van der Waals surface area (Å²) in [5.41, 5.74) is 15.3. The third kappa shape index (κ3) is 6.05. The van der Waals surface area contributed by atoms with Gasteiger partial charge in [0.1, 0.15) is 0 Å². The van der Waals surface area contributed by atoms with E-state index in [1.165, 1.54) is 88.3 Å². The fourth-order valence-corrected chi connectivity index (χ4v) is 12.2. The quantitative estimate of drug-likeness (QED) is 0.128. The first-order valence-corrected chi connectivity index (χ1v) is 21.8. The molecular formula is C51H37N3S3. The summed E-state index contributed by atoms with van der Waals surface area (Å²) in [5, 5.41) is 15.4.